The van der Waals surface area contributed by atoms with Crippen LogP contribution in [0.5, 0.6) is 0 Å². The fourth-order valence-corrected chi connectivity index (χ4v) is 4.70. The fourth-order valence-electron chi connectivity index (χ4n) is 4.20. The largest absolute Gasteiger partial charge is 0.498 e. The summed E-state index contributed by atoms with van der Waals surface area (Å²) in [5.41, 5.74) is 9.35. The van der Waals surface area contributed by atoms with Gasteiger partial charge in [0.15, 0.2) is 0 Å². The molecule has 0 aromatic heterocycles. The highest BCUT2D eigenvalue weighted by Gasteiger charge is 2.17. The van der Waals surface area contributed by atoms with E-state index in [-0.39, 0.29) is 74.2 Å². The molecule has 9 N–H and O–H groups in total. The first-order valence-corrected chi connectivity index (χ1v) is 26.3. The predicted octanol–water partition coefficient (Wildman–Crippen LogP) is 4.25. The highest BCUT2D eigenvalue weighted by molar-refractivity contribution is 9.09. The van der Waals surface area contributed by atoms with Gasteiger partial charge >= 0.3 is 24.0 Å². The van der Waals surface area contributed by atoms with E-state index in [1.807, 2.05) is 57.6 Å². The van der Waals surface area contributed by atoms with Gasteiger partial charge in [0, 0.05) is 59.1 Å². The van der Waals surface area contributed by atoms with Crippen molar-refractivity contribution in [2.45, 2.75) is 111 Å². The molecular weight excluding hydrogens is 1130 g/mol. The van der Waals surface area contributed by atoms with Crippen molar-refractivity contribution in [3.05, 3.63) is 22.8 Å². The number of aliphatic carboxylic acids is 1. The Hall–Kier alpha value is -3.76. The number of nitrogens with two attached hydrogens (primary N) is 2. The van der Waals surface area contributed by atoms with Crippen molar-refractivity contribution in [2.24, 2.45) is 11.5 Å². The van der Waals surface area contributed by atoms with Gasteiger partial charge in [-0.15, -0.1) is 12.4 Å². The zero-order valence-electron chi connectivity index (χ0n) is 46.6. The first kappa shape index (κ1) is 83.6. The molecule has 24 nitrogen and oxygen atoms in total. The number of halogens is 4. The van der Waals surface area contributed by atoms with Crippen molar-refractivity contribution in [1.29, 1.82) is 0 Å². The van der Waals surface area contributed by atoms with Crippen molar-refractivity contribution in [2.75, 3.05) is 132 Å². The van der Waals surface area contributed by atoms with Gasteiger partial charge in [-0.3, -0.25) is 19.0 Å². The zero-order chi connectivity index (χ0) is 58.4. The number of carboxylic acid groups (broad SMARTS) is 1. The SMILES string of the molecule is CC(C)(C)OC(=O)CBr.CC(C)(C)OC(=O)NCCCO.CCCCOCC(=O)O.COC(=O)COCCCN.C[N+](C)=CN1CCCOC=C1Cl.Cl.NCCCO.O=C1COCCCN1.O=CN1CCCOC=C1Cl. The molecule has 0 saturated carbocycles. The van der Waals surface area contributed by atoms with E-state index in [9.17, 15) is 28.8 Å². The average molecular weight is 1230 g/mol. The summed E-state index contributed by atoms with van der Waals surface area (Å²) >= 11 is 14.5. The van der Waals surface area contributed by atoms with Crippen LogP contribution < -0.4 is 22.1 Å². The minimum atomic E-state index is -0.897. The van der Waals surface area contributed by atoms with Crippen molar-refractivity contribution >= 4 is 94.2 Å². The number of alkyl carbamates (subject to hydrolysis) is 1. The van der Waals surface area contributed by atoms with Gasteiger partial charge in [-0.1, -0.05) is 40.9 Å². The fraction of sp³-hybridized carbons (Fsp3) is 0.771. The number of esters is 2. The number of nitrogens with one attached hydrogen (secondary N) is 2. The molecule has 3 amide bonds. The van der Waals surface area contributed by atoms with Crippen LogP contribution in [0.15, 0.2) is 22.8 Å². The molecular formula is C48H94BrCl3N7O17+. The maximum Gasteiger partial charge on any atom is 0.407 e. The Morgan fingerprint density at radius 2 is 1.36 bits per heavy atom. The number of hydrogen-bond donors (Lipinski definition) is 7. The highest BCUT2D eigenvalue weighted by atomic mass is 79.9. The summed E-state index contributed by atoms with van der Waals surface area (Å²) < 4.78 is 40.7. The van der Waals surface area contributed by atoms with Crippen LogP contribution in [0.4, 0.5) is 4.79 Å². The summed E-state index contributed by atoms with van der Waals surface area (Å²) in [5, 5.41) is 31.0. The van der Waals surface area contributed by atoms with E-state index in [1.54, 1.807) is 27.0 Å². The Balaban J connectivity index is -0.000000186. The molecule has 0 atom stereocenters. The molecule has 0 spiro atoms. The van der Waals surface area contributed by atoms with E-state index in [1.165, 1.54) is 18.3 Å². The molecule has 3 rings (SSSR count). The quantitative estimate of drug-likeness (QED) is 0.0116. The van der Waals surface area contributed by atoms with E-state index >= 15 is 0 Å². The molecule has 450 valence electrons. The lowest BCUT2D eigenvalue weighted by Gasteiger charge is -2.19. The van der Waals surface area contributed by atoms with E-state index in [2.05, 4.69) is 31.3 Å². The van der Waals surface area contributed by atoms with Crippen LogP contribution in [-0.2, 0) is 61.9 Å². The summed E-state index contributed by atoms with van der Waals surface area (Å²) in [6.45, 7) is 20.5. The second kappa shape index (κ2) is 58.9. The van der Waals surface area contributed by atoms with E-state index in [4.69, 9.17) is 83.1 Å². The standard InChI is InChI=1S/C8H14ClN2O.C8H17NO3.C6H11BrO2.C6H8ClNO2.C6H13NO3.C6H12O3.C5H9NO2.C3H9NO.ClH/c1-10(2)7-11-4-3-5-12-6-8(11)9;1-8(2,3)12-7(11)9-5-4-6-10;1-6(2,3)9-5(8)4-7;7-6-4-10-3-1-2-8(6)5-9;1-9-6(8)5-10-4-2-3-7;1-2-3-4-9-5-6(7)8;7-5-4-8-3-1-2-6-5;4-2-1-3-5;/h6-7H,3-5H2,1-2H3;10H,4-6H2,1-3H3,(H,9,11);4H2,1-3H3;4-5H,1-3H2;2-5,7H2,1H3;2-5H2,1H3,(H,7,8);1-4H2,(H,6,7);5H,1-4H2;1H/q+1;;;;;;;;. The van der Waals surface area contributed by atoms with Crippen LogP contribution in [0.1, 0.15) is 99.8 Å². The Morgan fingerprint density at radius 3 is 1.79 bits per heavy atom. The normalized spacial score (nSPS) is 13.5. The van der Waals surface area contributed by atoms with E-state index < -0.39 is 17.7 Å². The number of amides is 3. The van der Waals surface area contributed by atoms with Gasteiger partial charge in [0.25, 0.3) is 0 Å². The first-order chi connectivity index (χ1) is 35.3. The first-order valence-electron chi connectivity index (χ1n) is 24.4. The Morgan fingerprint density at radius 1 is 0.829 bits per heavy atom. The molecule has 1 saturated heterocycles. The lowest BCUT2D eigenvalue weighted by atomic mass is 10.2. The van der Waals surface area contributed by atoms with Crippen molar-refractivity contribution in [3.63, 3.8) is 0 Å². The summed E-state index contributed by atoms with van der Waals surface area (Å²) in [6.07, 6.45) is 12.0. The lowest BCUT2D eigenvalue weighted by Crippen LogP contribution is -2.33. The molecule has 0 bridgehead atoms. The number of unbranched alkanes of at least 4 members (excludes halogenated alkanes) is 1. The monoisotopic (exact) mass is 1220 g/mol. The van der Waals surface area contributed by atoms with Gasteiger partial charge in [-0.05, 0) is 105 Å². The third kappa shape index (κ3) is 72.3. The second-order valence-corrected chi connectivity index (χ2v) is 18.7. The zero-order valence-corrected chi connectivity index (χ0v) is 50.5. The number of ether oxygens (including phenoxy) is 8. The van der Waals surface area contributed by atoms with Gasteiger partial charge in [0.2, 0.25) is 23.8 Å². The van der Waals surface area contributed by atoms with Gasteiger partial charge in [-0.2, -0.15) is 0 Å². The Bertz CT molecular complexity index is 1530. The smallest absolute Gasteiger partial charge is 0.407 e. The van der Waals surface area contributed by atoms with Crippen molar-refractivity contribution < 1.29 is 86.6 Å². The van der Waals surface area contributed by atoms with Crippen LogP contribution in [-0.4, -0.2) is 215 Å². The molecule has 1 fully saturated rings. The number of methoxy groups -OCH3 is 1. The minimum Gasteiger partial charge on any atom is -0.498 e. The number of carboxylic acids is 1. The predicted molar refractivity (Wildman–Crippen MR) is 299 cm³/mol. The molecule has 76 heavy (non-hydrogen) atoms. The lowest BCUT2D eigenvalue weighted by molar-refractivity contribution is -0.464. The minimum absolute atomic E-state index is 0. The third-order valence-electron chi connectivity index (χ3n) is 7.45. The molecule has 28 heteroatoms. The molecule has 0 radical (unpaired) electrons. The van der Waals surface area contributed by atoms with E-state index in [0.29, 0.717) is 75.7 Å². The van der Waals surface area contributed by atoms with Gasteiger partial charge in [0.1, 0.15) is 54.0 Å². The molecule has 0 aromatic rings. The Labute approximate surface area is 476 Å². The maximum atomic E-state index is 10.9. The molecule has 0 aromatic carbocycles. The maximum absolute atomic E-state index is 10.9. The number of carbonyl (C=O) groups excluding carboxylic acids is 5. The number of aliphatic hydroxyl groups is 2. The Kier molecular flexibility index (Phi) is 64.8. The van der Waals surface area contributed by atoms with Gasteiger partial charge < -0.3 is 80.2 Å². The molecule has 3 heterocycles. The summed E-state index contributed by atoms with van der Waals surface area (Å²) in [6, 6.07) is 0. The number of aliphatic hydroxyl groups excluding tert-OH is 2. The number of alkyl halides is 1. The number of carbonyl (C=O) groups is 6. The van der Waals surface area contributed by atoms with Crippen molar-refractivity contribution in [1.82, 2.24) is 20.4 Å². The van der Waals surface area contributed by atoms with Crippen LogP contribution in [0.2, 0.25) is 0 Å². The number of rotatable bonds is 18. The van der Waals surface area contributed by atoms with Crippen molar-refractivity contribution in [3.8, 4) is 0 Å². The average Bonchev–Trinajstić information content (AvgIpc) is 3.81. The molecule has 3 aliphatic heterocycles. The molecule has 0 unspecified atom stereocenters. The number of hydrogen-bond acceptors (Lipinski definition) is 18. The summed E-state index contributed by atoms with van der Waals surface area (Å²) in [7, 11) is 5.26. The summed E-state index contributed by atoms with van der Waals surface area (Å²) in [5.74, 6) is -1.46. The highest BCUT2D eigenvalue weighted by Crippen LogP contribution is 2.12. The van der Waals surface area contributed by atoms with Crippen LogP contribution in [0.25, 0.3) is 0 Å². The third-order valence-corrected chi connectivity index (χ3v) is 8.52. The van der Waals surface area contributed by atoms with Crippen LogP contribution in [0.3, 0.4) is 0 Å². The second-order valence-electron chi connectivity index (χ2n) is 17.3. The molecule has 3 aliphatic rings. The van der Waals surface area contributed by atoms with Crippen LogP contribution >= 0.6 is 51.5 Å². The van der Waals surface area contributed by atoms with E-state index in [0.717, 1.165) is 64.6 Å². The van der Waals surface area contributed by atoms with Crippen LogP contribution in [0, 0.1) is 0 Å². The molecule has 0 aliphatic carbocycles. The topological polar surface area (TPSA) is 323 Å². The number of nitrogens with zero attached hydrogens (tertiary/aromatic N) is 3. The van der Waals surface area contributed by atoms with Gasteiger partial charge in [-0.25, -0.2) is 19.3 Å². The van der Waals surface area contributed by atoms with Gasteiger partial charge in [0.05, 0.1) is 41.0 Å². The summed E-state index contributed by atoms with van der Waals surface area (Å²) in [4.78, 5) is 65.8.